The third kappa shape index (κ3) is 3.12. The van der Waals surface area contributed by atoms with E-state index in [1.165, 1.54) is 12.1 Å². The van der Waals surface area contributed by atoms with Gasteiger partial charge in [-0.15, -0.1) is 0 Å². The number of aryl methyl sites for hydroxylation is 1. The number of aromatic nitrogens is 1. The fourth-order valence-electron chi connectivity index (χ4n) is 3.04. The Balaban J connectivity index is 2.26. The molecule has 1 aromatic heterocycles. The predicted molar refractivity (Wildman–Crippen MR) is 94.6 cm³/mol. The van der Waals surface area contributed by atoms with E-state index in [0.29, 0.717) is 17.5 Å². The van der Waals surface area contributed by atoms with Gasteiger partial charge in [-0.25, -0.2) is 4.98 Å². The molecule has 138 valence electrons. The van der Waals surface area contributed by atoms with Crippen molar-refractivity contribution in [3.63, 3.8) is 0 Å². The smallest absolute Gasteiger partial charge is 0.369 e. The lowest BCUT2D eigenvalue weighted by molar-refractivity contribution is -0.137. The number of alkyl halides is 3. The molecule has 8 heteroatoms. The molecule has 1 aliphatic rings. The Bertz CT molecular complexity index is 860. The topological polar surface area (TPSA) is 80.5 Å². The Hall–Kier alpha value is -2.61. The molecular formula is C18H20F3N5. The monoisotopic (exact) mass is 363 g/mol. The van der Waals surface area contributed by atoms with Crippen LogP contribution in [0.2, 0.25) is 0 Å². The van der Waals surface area contributed by atoms with Gasteiger partial charge in [0.15, 0.2) is 11.8 Å². The Kier molecular flexibility index (Phi) is 4.62. The summed E-state index contributed by atoms with van der Waals surface area (Å²) in [7, 11) is 1.71. The molecule has 1 aromatic carbocycles. The molecule has 0 saturated heterocycles. The van der Waals surface area contributed by atoms with Crippen molar-refractivity contribution < 1.29 is 13.2 Å². The quantitative estimate of drug-likeness (QED) is 0.874. The highest BCUT2D eigenvalue weighted by atomic mass is 19.4. The largest absolute Gasteiger partial charge is 0.417 e. The van der Waals surface area contributed by atoms with Crippen molar-refractivity contribution in [2.75, 3.05) is 7.05 Å². The lowest BCUT2D eigenvalue weighted by Crippen LogP contribution is -2.43. The van der Waals surface area contributed by atoms with Gasteiger partial charge in [0.1, 0.15) is 6.17 Å². The average molecular weight is 363 g/mol. The summed E-state index contributed by atoms with van der Waals surface area (Å²) in [4.78, 5) is 10.2. The van der Waals surface area contributed by atoms with Gasteiger partial charge in [0, 0.05) is 18.2 Å². The van der Waals surface area contributed by atoms with Crippen LogP contribution in [-0.2, 0) is 12.6 Å². The van der Waals surface area contributed by atoms with Crippen LogP contribution >= 0.6 is 0 Å². The number of hydrogen-bond acceptors (Lipinski definition) is 5. The minimum atomic E-state index is -4.48. The van der Waals surface area contributed by atoms with Crippen molar-refractivity contribution in [2.45, 2.75) is 32.1 Å². The number of hydrogen-bond donors (Lipinski definition) is 2. The molecule has 2 heterocycles. The van der Waals surface area contributed by atoms with Crippen LogP contribution in [0.1, 0.15) is 36.2 Å². The summed E-state index contributed by atoms with van der Waals surface area (Å²) in [6, 6.07) is 7.22. The number of rotatable bonds is 3. The fraction of sp³-hybridized carbons (Fsp3) is 0.333. The molecule has 1 aliphatic heterocycles. The molecule has 4 N–H and O–H groups in total. The van der Waals surface area contributed by atoms with E-state index >= 15 is 0 Å². The molecule has 0 bridgehead atoms. The van der Waals surface area contributed by atoms with Crippen LogP contribution in [0.25, 0.3) is 11.3 Å². The molecular weight excluding hydrogens is 343 g/mol. The standard InChI is InChI=1S/C18H20F3N5/c1-3-6-10-9-12-15(22)26(2)17(23)25-16(12)24-14(10)11-7-4-5-8-13(11)18(19,20)21/h4-5,7-9,15H,3,6,22H2,1-2H3,(H2,23,24,25). The Labute approximate surface area is 149 Å². The van der Waals surface area contributed by atoms with Crippen molar-refractivity contribution in [3.8, 4) is 11.3 Å². The van der Waals surface area contributed by atoms with Crippen LogP contribution in [-0.4, -0.2) is 22.9 Å². The summed E-state index contributed by atoms with van der Waals surface area (Å²) in [6.45, 7) is 1.96. The number of nitrogens with zero attached hydrogens (tertiary/aromatic N) is 3. The second-order valence-corrected chi connectivity index (χ2v) is 6.23. The van der Waals surface area contributed by atoms with E-state index in [1.54, 1.807) is 24.1 Å². The summed E-state index contributed by atoms with van der Waals surface area (Å²) in [5.41, 5.74) is 13.0. The molecule has 0 amide bonds. The van der Waals surface area contributed by atoms with Crippen molar-refractivity contribution in [3.05, 3.63) is 47.0 Å². The first-order valence-corrected chi connectivity index (χ1v) is 8.27. The van der Waals surface area contributed by atoms with Crippen molar-refractivity contribution in [2.24, 2.45) is 16.5 Å². The number of guanidine groups is 1. The van der Waals surface area contributed by atoms with E-state index in [4.69, 9.17) is 11.5 Å². The second kappa shape index (κ2) is 6.60. The average Bonchev–Trinajstić information content (AvgIpc) is 2.59. The number of nitrogens with two attached hydrogens (primary N) is 2. The molecule has 5 nitrogen and oxygen atoms in total. The highest BCUT2D eigenvalue weighted by Crippen LogP contribution is 2.40. The Morgan fingerprint density at radius 2 is 1.92 bits per heavy atom. The molecule has 26 heavy (non-hydrogen) atoms. The minimum Gasteiger partial charge on any atom is -0.369 e. The SMILES string of the molecule is CCCc1cc2c(nc1-c1ccccc1C(F)(F)F)N=C(N)N(C)C2N. The van der Waals surface area contributed by atoms with E-state index in [1.807, 2.05) is 6.92 Å². The van der Waals surface area contributed by atoms with Gasteiger partial charge >= 0.3 is 6.18 Å². The zero-order valence-corrected chi connectivity index (χ0v) is 14.5. The van der Waals surface area contributed by atoms with Crippen molar-refractivity contribution >= 4 is 11.8 Å². The van der Waals surface area contributed by atoms with E-state index in [0.717, 1.165) is 12.5 Å². The molecule has 0 fully saturated rings. The lowest BCUT2D eigenvalue weighted by atomic mass is 9.95. The van der Waals surface area contributed by atoms with Gasteiger partial charge in [-0.1, -0.05) is 31.5 Å². The van der Waals surface area contributed by atoms with Crippen LogP contribution in [0.5, 0.6) is 0 Å². The van der Waals surface area contributed by atoms with Gasteiger partial charge < -0.3 is 16.4 Å². The lowest BCUT2D eigenvalue weighted by Gasteiger charge is -2.31. The maximum absolute atomic E-state index is 13.5. The normalized spacial score (nSPS) is 17.1. The molecule has 1 unspecified atom stereocenters. The van der Waals surface area contributed by atoms with Gasteiger partial charge in [-0.2, -0.15) is 18.2 Å². The zero-order valence-electron chi connectivity index (χ0n) is 14.5. The van der Waals surface area contributed by atoms with E-state index in [-0.39, 0.29) is 23.0 Å². The number of halogens is 3. The zero-order chi connectivity index (χ0) is 19.1. The highest BCUT2D eigenvalue weighted by molar-refractivity contribution is 5.84. The molecule has 0 spiro atoms. The first-order chi connectivity index (χ1) is 12.2. The third-order valence-corrected chi connectivity index (χ3v) is 4.43. The van der Waals surface area contributed by atoms with Gasteiger partial charge in [-0.05, 0) is 24.1 Å². The first-order valence-electron chi connectivity index (χ1n) is 8.27. The number of aliphatic imine (C=N–C) groups is 1. The summed E-state index contributed by atoms with van der Waals surface area (Å²) < 4.78 is 40.4. The number of pyridine rings is 1. The first kappa shape index (κ1) is 18.2. The summed E-state index contributed by atoms with van der Waals surface area (Å²) in [5.74, 6) is 0.440. The van der Waals surface area contributed by atoms with Gasteiger partial charge in [0.05, 0.1) is 11.3 Å². The number of benzene rings is 1. The van der Waals surface area contributed by atoms with Crippen molar-refractivity contribution in [1.82, 2.24) is 9.88 Å². The van der Waals surface area contributed by atoms with Gasteiger partial charge in [0.2, 0.25) is 0 Å². The maximum Gasteiger partial charge on any atom is 0.417 e. The van der Waals surface area contributed by atoms with Gasteiger partial charge in [-0.3, -0.25) is 0 Å². The molecule has 0 aliphatic carbocycles. The Morgan fingerprint density at radius 1 is 1.23 bits per heavy atom. The molecule has 2 aromatic rings. The maximum atomic E-state index is 13.5. The fourth-order valence-corrected chi connectivity index (χ4v) is 3.04. The van der Waals surface area contributed by atoms with Crippen LogP contribution in [0, 0.1) is 0 Å². The van der Waals surface area contributed by atoms with Gasteiger partial charge in [0.25, 0.3) is 0 Å². The van der Waals surface area contributed by atoms with Crippen LogP contribution in [0.3, 0.4) is 0 Å². The van der Waals surface area contributed by atoms with Crippen LogP contribution in [0.15, 0.2) is 35.3 Å². The molecule has 1 atom stereocenters. The van der Waals surface area contributed by atoms with Crippen LogP contribution in [0.4, 0.5) is 19.0 Å². The van der Waals surface area contributed by atoms with Crippen molar-refractivity contribution in [1.29, 1.82) is 0 Å². The summed E-state index contributed by atoms with van der Waals surface area (Å²) >= 11 is 0. The highest BCUT2D eigenvalue weighted by Gasteiger charge is 2.35. The van der Waals surface area contributed by atoms with Crippen LogP contribution < -0.4 is 11.5 Å². The molecule has 3 rings (SSSR count). The predicted octanol–water partition coefficient (Wildman–Crippen LogP) is 3.57. The summed E-state index contributed by atoms with van der Waals surface area (Å²) in [5, 5.41) is 0. The van der Waals surface area contributed by atoms with E-state index in [2.05, 4.69) is 9.98 Å². The summed E-state index contributed by atoms with van der Waals surface area (Å²) in [6.07, 6.45) is -3.68. The minimum absolute atomic E-state index is 0.0347. The number of fused-ring (bicyclic) bond motifs is 1. The molecule has 0 radical (unpaired) electrons. The second-order valence-electron chi connectivity index (χ2n) is 6.23. The molecule has 0 saturated carbocycles. The van der Waals surface area contributed by atoms with E-state index < -0.39 is 17.9 Å². The Morgan fingerprint density at radius 3 is 2.58 bits per heavy atom. The third-order valence-electron chi connectivity index (χ3n) is 4.43. The van der Waals surface area contributed by atoms with E-state index in [9.17, 15) is 13.2 Å².